The van der Waals surface area contributed by atoms with Crippen molar-refractivity contribution in [2.24, 2.45) is 0 Å². The molecule has 0 spiro atoms. The molecule has 1 saturated heterocycles. The summed E-state index contributed by atoms with van der Waals surface area (Å²) >= 11 is 0. The fraction of sp³-hybridized carbons (Fsp3) is 0.909. The molecule has 1 aliphatic rings. The summed E-state index contributed by atoms with van der Waals surface area (Å²) in [6.45, 7) is 4.22. The highest BCUT2D eigenvalue weighted by molar-refractivity contribution is 5.85. The summed E-state index contributed by atoms with van der Waals surface area (Å²) in [4.78, 5) is 11.3. The molecule has 2 atom stereocenters. The summed E-state index contributed by atoms with van der Waals surface area (Å²) in [7, 11) is 0. The Bertz CT molecular complexity index is 165. The van der Waals surface area contributed by atoms with E-state index in [-0.39, 0.29) is 12.2 Å². The predicted molar refractivity (Wildman–Crippen MR) is 52.7 cm³/mol. The lowest BCUT2D eigenvalue weighted by Crippen LogP contribution is -2.08. The second-order valence-corrected chi connectivity index (χ2v) is 3.81. The zero-order chi connectivity index (χ0) is 9.68. The van der Waals surface area contributed by atoms with Crippen LogP contribution in [0.3, 0.4) is 0 Å². The van der Waals surface area contributed by atoms with Gasteiger partial charge in [-0.2, -0.15) is 0 Å². The Kier molecular flexibility index (Phi) is 4.43. The minimum Gasteiger partial charge on any atom is -0.361 e. The van der Waals surface area contributed by atoms with Gasteiger partial charge >= 0.3 is 0 Å². The van der Waals surface area contributed by atoms with Crippen LogP contribution in [0.5, 0.6) is 0 Å². The molecule has 1 heterocycles. The second kappa shape index (κ2) is 5.38. The van der Waals surface area contributed by atoms with Crippen LogP contribution in [0.1, 0.15) is 52.4 Å². The lowest BCUT2D eigenvalue weighted by Gasteiger charge is -1.94. The summed E-state index contributed by atoms with van der Waals surface area (Å²) < 4.78 is 5.33. The smallest absolute Gasteiger partial charge is 0.164 e. The van der Waals surface area contributed by atoms with Crippen LogP contribution in [-0.4, -0.2) is 18.0 Å². The highest BCUT2D eigenvalue weighted by atomic mass is 16.6. The van der Waals surface area contributed by atoms with Crippen molar-refractivity contribution < 1.29 is 9.53 Å². The zero-order valence-electron chi connectivity index (χ0n) is 8.71. The number of hydrogen-bond donors (Lipinski definition) is 0. The number of carbonyl (C=O) groups is 1. The summed E-state index contributed by atoms with van der Waals surface area (Å²) in [5.74, 6) is 0.309. The third-order valence-corrected chi connectivity index (χ3v) is 2.49. The van der Waals surface area contributed by atoms with Gasteiger partial charge in [-0.05, 0) is 12.8 Å². The quantitative estimate of drug-likeness (QED) is 0.449. The minimum atomic E-state index is -0.0307. The molecule has 0 aromatic carbocycles. The predicted octanol–water partition coefficient (Wildman–Crippen LogP) is 2.70. The fourth-order valence-corrected chi connectivity index (χ4v) is 1.63. The van der Waals surface area contributed by atoms with E-state index < -0.39 is 0 Å². The number of epoxide rings is 1. The Morgan fingerprint density at radius 1 is 1.23 bits per heavy atom. The second-order valence-electron chi connectivity index (χ2n) is 3.81. The molecule has 13 heavy (non-hydrogen) atoms. The molecular weight excluding hydrogens is 164 g/mol. The lowest BCUT2D eigenvalue weighted by atomic mass is 10.1. The van der Waals surface area contributed by atoms with Gasteiger partial charge in [0.25, 0.3) is 0 Å². The summed E-state index contributed by atoms with van der Waals surface area (Å²) in [6, 6.07) is 0. The maximum absolute atomic E-state index is 11.3. The standard InChI is InChI=1S/C11H20O2/c1-3-5-6-8-10-11(13-10)9(12)7-4-2/h10-11H,3-8H2,1-2H3/t10-,11+/m0/s1. The molecule has 2 nitrogen and oxygen atoms in total. The molecule has 0 radical (unpaired) electrons. The van der Waals surface area contributed by atoms with Gasteiger partial charge in [0.2, 0.25) is 0 Å². The summed E-state index contributed by atoms with van der Waals surface area (Å²) in [5.41, 5.74) is 0. The number of ether oxygens (including phenoxy) is 1. The van der Waals surface area contributed by atoms with E-state index in [1.54, 1.807) is 0 Å². The summed E-state index contributed by atoms with van der Waals surface area (Å²) in [5, 5.41) is 0. The van der Waals surface area contributed by atoms with E-state index in [1.807, 2.05) is 6.92 Å². The molecule has 0 saturated carbocycles. The topological polar surface area (TPSA) is 29.6 Å². The van der Waals surface area contributed by atoms with Crippen LogP contribution in [0, 0.1) is 0 Å². The molecule has 76 valence electrons. The van der Waals surface area contributed by atoms with Crippen LogP contribution < -0.4 is 0 Å². The molecule has 0 unspecified atom stereocenters. The van der Waals surface area contributed by atoms with Gasteiger partial charge in [0, 0.05) is 6.42 Å². The highest BCUT2D eigenvalue weighted by Crippen LogP contribution is 2.29. The Labute approximate surface area is 80.7 Å². The Morgan fingerprint density at radius 3 is 2.62 bits per heavy atom. The number of hydrogen-bond acceptors (Lipinski definition) is 2. The van der Waals surface area contributed by atoms with Crippen molar-refractivity contribution in [2.75, 3.05) is 0 Å². The summed E-state index contributed by atoms with van der Waals surface area (Å²) in [6.07, 6.45) is 6.65. The van der Waals surface area contributed by atoms with Crippen LogP contribution in [0.25, 0.3) is 0 Å². The van der Waals surface area contributed by atoms with Gasteiger partial charge in [0.05, 0.1) is 6.10 Å². The van der Waals surface area contributed by atoms with Crippen LogP contribution in [0.2, 0.25) is 0 Å². The fourth-order valence-electron chi connectivity index (χ4n) is 1.63. The van der Waals surface area contributed by atoms with E-state index in [0.29, 0.717) is 12.2 Å². The van der Waals surface area contributed by atoms with Crippen molar-refractivity contribution in [3.63, 3.8) is 0 Å². The van der Waals surface area contributed by atoms with E-state index >= 15 is 0 Å². The van der Waals surface area contributed by atoms with Gasteiger partial charge < -0.3 is 4.74 Å². The van der Waals surface area contributed by atoms with E-state index in [4.69, 9.17) is 4.74 Å². The van der Waals surface area contributed by atoms with Crippen LogP contribution in [-0.2, 0) is 9.53 Å². The molecule has 1 aliphatic heterocycles. The highest BCUT2D eigenvalue weighted by Gasteiger charge is 2.42. The molecule has 0 amide bonds. The first kappa shape index (κ1) is 10.7. The third-order valence-electron chi connectivity index (χ3n) is 2.49. The lowest BCUT2D eigenvalue weighted by molar-refractivity contribution is -0.120. The Balaban J connectivity index is 2.04. The maximum Gasteiger partial charge on any atom is 0.164 e. The molecule has 1 fully saturated rings. The van der Waals surface area contributed by atoms with Crippen molar-refractivity contribution in [2.45, 2.75) is 64.6 Å². The number of ketones is 1. The molecule has 0 N–H and O–H groups in total. The number of carbonyl (C=O) groups excluding carboxylic acids is 1. The molecule has 0 aromatic rings. The molecule has 1 rings (SSSR count). The molecular formula is C11H20O2. The van der Waals surface area contributed by atoms with Crippen LogP contribution in [0.4, 0.5) is 0 Å². The van der Waals surface area contributed by atoms with Gasteiger partial charge in [0.1, 0.15) is 6.10 Å². The maximum atomic E-state index is 11.3. The average Bonchev–Trinajstić information content (AvgIpc) is 2.85. The Hall–Kier alpha value is -0.370. The first-order valence-electron chi connectivity index (χ1n) is 5.47. The van der Waals surface area contributed by atoms with Crippen molar-refractivity contribution in [3.05, 3.63) is 0 Å². The minimum absolute atomic E-state index is 0.0307. The van der Waals surface area contributed by atoms with E-state index in [1.165, 1.54) is 19.3 Å². The van der Waals surface area contributed by atoms with Crippen molar-refractivity contribution in [1.29, 1.82) is 0 Å². The molecule has 2 heteroatoms. The van der Waals surface area contributed by atoms with Gasteiger partial charge in [-0.3, -0.25) is 4.79 Å². The first-order chi connectivity index (χ1) is 6.29. The number of unbranched alkanes of at least 4 members (excludes halogenated alkanes) is 2. The normalized spacial score (nSPS) is 26.0. The zero-order valence-corrected chi connectivity index (χ0v) is 8.71. The third kappa shape index (κ3) is 3.47. The molecule has 0 bridgehead atoms. The van der Waals surface area contributed by atoms with Crippen LogP contribution in [0.15, 0.2) is 0 Å². The van der Waals surface area contributed by atoms with Gasteiger partial charge in [0.15, 0.2) is 5.78 Å². The van der Waals surface area contributed by atoms with Crippen molar-refractivity contribution >= 4 is 5.78 Å². The van der Waals surface area contributed by atoms with Gasteiger partial charge in [-0.25, -0.2) is 0 Å². The van der Waals surface area contributed by atoms with Crippen molar-refractivity contribution in [3.8, 4) is 0 Å². The van der Waals surface area contributed by atoms with Crippen molar-refractivity contribution in [1.82, 2.24) is 0 Å². The van der Waals surface area contributed by atoms with E-state index in [9.17, 15) is 4.79 Å². The SMILES string of the molecule is CCCCC[C@@H]1O[C@@H]1C(=O)CCC. The van der Waals surface area contributed by atoms with Gasteiger partial charge in [-0.15, -0.1) is 0 Å². The van der Waals surface area contributed by atoms with Crippen LogP contribution >= 0.6 is 0 Å². The van der Waals surface area contributed by atoms with E-state index in [0.717, 1.165) is 12.8 Å². The largest absolute Gasteiger partial charge is 0.361 e. The number of rotatable bonds is 7. The van der Waals surface area contributed by atoms with E-state index in [2.05, 4.69) is 6.92 Å². The van der Waals surface area contributed by atoms with Gasteiger partial charge in [-0.1, -0.05) is 33.1 Å². The monoisotopic (exact) mass is 184 g/mol. The number of Topliss-reactive ketones (excluding diaryl/α,β-unsaturated/α-hetero) is 1. The molecule has 0 aromatic heterocycles. The average molecular weight is 184 g/mol. The molecule has 0 aliphatic carbocycles. The Morgan fingerprint density at radius 2 is 2.00 bits per heavy atom. The first-order valence-corrected chi connectivity index (χ1v) is 5.47.